The van der Waals surface area contributed by atoms with Gasteiger partial charge in [-0.15, -0.1) is 0 Å². The van der Waals surface area contributed by atoms with Gasteiger partial charge in [0.1, 0.15) is 12.1 Å². The number of aliphatic hydroxyl groups excluding tert-OH is 1. The number of benzene rings is 1. The summed E-state index contributed by atoms with van der Waals surface area (Å²) >= 11 is 0. The quantitative estimate of drug-likeness (QED) is 0.264. The average molecular weight is 400 g/mol. The minimum atomic E-state index is -0.438. The molecule has 4 aromatic rings. The Kier molecular flexibility index (Phi) is 5.80. The molecule has 4 rings (SSSR count). The van der Waals surface area contributed by atoms with Crippen LogP contribution >= 0.6 is 0 Å². The predicted molar refractivity (Wildman–Crippen MR) is 111 cm³/mol. The number of nitrogens with zero attached hydrogens (tertiary/aromatic N) is 3. The Morgan fingerprint density at radius 3 is 2.60 bits per heavy atom. The highest BCUT2D eigenvalue weighted by Gasteiger charge is 2.19. The number of aromatic amines is 1. The van der Waals surface area contributed by atoms with E-state index in [-0.39, 0.29) is 17.3 Å². The number of aromatic nitrogens is 4. The van der Waals surface area contributed by atoms with E-state index in [9.17, 15) is 9.90 Å². The van der Waals surface area contributed by atoms with Crippen LogP contribution in [-0.2, 0) is 19.3 Å². The van der Waals surface area contributed by atoms with E-state index in [2.05, 4.69) is 32.3 Å². The van der Waals surface area contributed by atoms with Crippen molar-refractivity contribution >= 4 is 11.5 Å². The van der Waals surface area contributed by atoms with Crippen LogP contribution in [0.25, 0.3) is 5.76 Å². The second-order valence-electron chi connectivity index (χ2n) is 6.80. The first-order valence-corrected chi connectivity index (χ1v) is 9.54. The van der Waals surface area contributed by atoms with Crippen LogP contribution in [0, 0.1) is 0 Å². The van der Waals surface area contributed by atoms with Gasteiger partial charge in [0.2, 0.25) is 11.6 Å². The summed E-state index contributed by atoms with van der Waals surface area (Å²) in [5, 5.41) is 16.4. The molecule has 0 spiro atoms. The van der Waals surface area contributed by atoms with Crippen LogP contribution in [0.1, 0.15) is 38.8 Å². The smallest absolute Gasteiger partial charge is 0.225 e. The lowest BCUT2D eigenvalue weighted by Gasteiger charge is -2.00. The molecule has 30 heavy (non-hydrogen) atoms. The molecule has 0 amide bonds. The second kappa shape index (κ2) is 9.00. The van der Waals surface area contributed by atoms with Crippen molar-refractivity contribution in [2.75, 3.05) is 0 Å². The summed E-state index contributed by atoms with van der Waals surface area (Å²) in [5.41, 5.74) is 2.96. The van der Waals surface area contributed by atoms with E-state index in [0.29, 0.717) is 12.8 Å². The Balaban J connectivity index is 1.60. The lowest BCUT2D eigenvalue weighted by Crippen LogP contribution is -2.00. The van der Waals surface area contributed by atoms with Gasteiger partial charge < -0.3 is 9.52 Å². The molecule has 0 saturated heterocycles. The van der Waals surface area contributed by atoms with Crippen LogP contribution in [-0.4, -0.2) is 31.1 Å². The van der Waals surface area contributed by atoms with Crippen LogP contribution < -0.4 is 0 Å². The molecule has 0 atom stereocenters. The highest BCUT2D eigenvalue weighted by Crippen LogP contribution is 2.22. The van der Waals surface area contributed by atoms with Gasteiger partial charge in [0, 0.05) is 36.9 Å². The van der Waals surface area contributed by atoms with Crippen molar-refractivity contribution in [2.24, 2.45) is 0 Å². The van der Waals surface area contributed by atoms with Crippen molar-refractivity contribution < 1.29 is 14.3 Å². The van der Waals surface area contributed by atoms with Crippen molar-refractivity contribution in [3.8, 4) is 0 Å². The van der Waals surface area contributed by atoms with Crippen LogP contribution in [0.2, 0.25) is 0 Å². The van der Waals surface area contributed by atoms with Crippen LogP contribution in [0.15, 0.2) is 77.7 Å². The van der Waals surface area contributed by atoms with E-state index < -0.39 is 5.78 Å². The highest BCUT2D eigenvalue weighted by atomic mass is 16.3. The second-order valence-corrected chi connectivity index (χ2v) is 6.80. The van der Waals surface area contributed by atoms with Gasteiger partial charge in [-0.3, -0.25) is 14.9 Å². The summed E-state index contributed by atoms with van der Waals surface area (Å²) in [4.78, 5) is 20.7. The van der Waals surface area contributed by atoms with Gasteiger partial charge in [-0.25, -0.2) is 4.98 Å². The number of nitrogens with one attached hydrogen (secondary N) is 1. The minimum absolute atomic E-state index is 0.0508. The zero-order valence-electron chi connectivity index (χ0n) is 16.2. The zero-order valence-corrected chi connectivity index (χ0v) is 16.2. The molecular formula is C23H20N4O3. The molecule has 0 aliphatic carbocycles. The van der Waals surface area contributed by atoms with E-state index in [1.165, 1.54) is 11.9 Å². The first-order valence-electron chi connectivity index (χ1n) is 9.54. The molecule has 0 aliphatic heterocycles. The Hall–Kier alpha value is -4.00. The van der Waals surface area contributed by atoms with Gasteiger partial charge in [-0.05, 0) is 35.7 Å². The fourth-order valence-electron chi connectivity index (χ4n) is 3.17. The molecule has 3 aromatic heterocycles. The third kappa shape index (κ3) is 4.70. The highest BCUT2D eigenvalue weighted by molar-refractivity contribution is 6.06. The summed E-state index contributed by atoms with van der Waals surface area (Å²) in [7, 11) is 0. The van der Waals surface area contributed by atoms with Crippen molar-refractivity contribution in [1.82, 2.24) is 20.2 Å². The summed E-state index contributed by atoms with van der Waals surface area (Å²) in [6.45, 7) is 0. The molecule has 0 unspecified atom stereocenters. The van der Waals surface area contributed by atoms with E-state index in [1.807, 2.05) is 36.4 Å². The van der Waals surface area contributed by atoms with Gasteiger partial charge in [0.25, 0.3) is 0 Å². The van der Waals surface area contributed by atoms with Gasteiger partial charge in [0.15, 0.2) is 11.5 Å². The Morgan fingerprint density at radius 2 is 1.87 bits per heavy atom. The standard InChI is InChI=1S/C23H20N4O3/c28-20(14-21(29)23-25-15-26-27-23)22-18(12-17-8-10-24-11-9-17)13-19(30-22)7-6-16-4-2-1-3-5-16/h1-5,8-11,13-15,29H,6-7,12H2,(H,25,26,27). The number of hydrogen-bond acceptors (Lipinski definition) is 6. The molecule has 7 nitrogen and oxygen atoms in total. The Bertz CT molecular complexity index is 1130. The SMILES string of the molecule is O=C(C=C(O)c1nc[nH]n1)c1oc(CCc2ccccc2)cc1Cc1ccncc1. The van der Waals surface area contributed by atoms with E-state index in [4.69, 9.17) is 4.42 Å². The molecule has 2 N–H and O–H groups in total. The van der Waals surface area contributed by atoms with Crippen molar-refractivity contribution in [3.63, 3.8) is 0 Å². The monoisotopic (exact) mass is 400 g/mol. The van der Waals surface area contributed by atoms with Crippen LogP contribution in [0.3, 0.4) is 0 Å². The van der Waals surface area contributed by atoms with E-state index in [0.717, 1.165) is 29.4 Å². The zero-order chi connectivity index (χ0) is 20.8. The van der Waals surface area contributed by atoms with Gasteiger partial charge >= 0.3 is 0 Å². The normalized spacial score (nSPS) is 11.5. The fourth-order valence-corrected chi connectivity index (χ4v) is 3.17. The molecule has 0 aliphatic rings. The van der Waals surface area contributed by atoms with Crippen LogP contribution in [0.5, 0.6) is 0 Å². The maximum absolute atomic E-state index is 12.8. The number of furan rings is 1. The van der Waals surface area contributed by atoms with E-state index >= 15 is 0 Å². The maximum Gasteiger partial charge on any atom is 0.225 e. The number of carbonyl (C=O) groups excluding carboxylic acids is 1. The third-order valence-electron chi connectivity index (χ3n) is 4.64. The molecule has 150 valence electrons. The average Bonchev–Trinajstić information content (AvgIpc) is 3.44. The van der Waals surface area contributed by atoms with Crippen molar-refractivity contribution in [3.05, 3.63) is 107 Å². The summed E-state index contributed by atoms with van der Waals surface area (Å²) in [5.74, 6) is 0.217. The molecule has 7 heteroatoms. The maximum atomic E-state index is 12.8. The first-order chi connectivity index (χ1) is 14.7. The number of carbonyl (C=O) groups is 1. The number of H-pyrrole nitrogens is 1. The number of pyridine rings is 1. The summed E-state index contributed by atoms with van der Waals surface area (Å²) < 4.78 is 5.92. The molecular weight excluding hydrogens is 380 g/mol. The Labute approximate surface area is 173 Å². The van der Waals surface area contributed by atoms with Crippen LogP contribution in [0.4, 0.5) is 0 Å². The van der Waals surface area contributed by atoms with Gasteiger partial charge in [0.05, 0.1) is 0 Å². The topological polar surface area (TPSA) is 105 Å². The molecule has 0 saturated carbocycles. The van der Waals surface area contributed by atoms with Crippen molar-refractivity contribution in [2.45, 2.75) is 19.3 Å². The number of hydrogen-bond donors (Lipinski definition) is 2. The minimum Gasteiger partial charge on any atom is -0.504 e. The lowest BCUT2D eigenvalue weighted by atomic mass is 10.0. The molecule has 1 aromatic carbocycles. The molecule has 3 heterocycles. The number of ketones is 1. The molecule has 0 radical (unpaired) electrons. The first kappa shape index (κ1) is 19.3. The number of aliphatic hydroxyl groups is 1. The van der Waals surface area contributed by atoms with Gasteiger partial charge in [-0.2, -0.15) is 5.10 Å². The van der Waals surface area contributed by atoms with Gasteiger partial charge in [-0.1, -0.05) is 30.3 Å². The van der Waals surface area contributed by atoms with Crippen molar-refractivity contribution in [1.29, 1.82) is 0 Å². The lowest BCUT2D eigenvalue weighted by molar-refractivity contribution is 0.101. The fraction of sp³-hybridized carbons (Fsp3) is 0.130. The predicted octanol–water partition coefficient (Wildman–Crippen LogP) is 3.95. The number of rotatable bonds is 8. The number of allylic oxidation sites excluding steroid dienone is 1. The number of aryl methyl sites for hydroxylation is 2. The summed E-state index contributed by atoms with van der Waals surface area (Å²) in [6.07, 6.45) is 7.82. The molecule has 0 bridgehead atoms. The summed E-state index contributed by atoms with van der Waals surface area (Å²) in [6, 6.07) is 15.8. The largest absolute Gasteiger partial charge is 0.504 e. The molecule has 0 fully saturated rings. The Morgan fingerprint density at radius 1 is 1.07 bits per heavy atom. The third-order valence-corrected chi connectivity index (χ3v) is 4.64. The van der Waals surface area contributed by atoms with E-state index in [1.54, 1.807) is 12.4 Å².